The van der Waals surface area contributed by atoms with E-state index in [4.69, 9.17) is 4.84 Å². The lowest BCUT2D eigenvalue weighted by molar-refractivity contribution is -0.0411. The van der Waals surface area contributed by atoms with E-state index in [1.807, 2.05) is 6.07 Å². The van der Waals surface area contributed by atoms with Gasteiger partial charge in [0.15, 0.2) is 0 Å². The highest BCUT2D eigenvalue weighted by Gasteiger charge is 2.35. The minimum atomic E-state index is -0.103. The molecule has 1 unspecified atom stereocenters. The van der Waals surface area contributed by atoms with Crippen LogP contribution in [0.5, 0.6) is 0 Å². The van der Waals surface area contributed by atoms with Crippen LogP contribution < -0.4 is 10.8 Å². The monoisotopic (exact) mass is 230 g/mol. The maximum Gasteiger partial charge on any atom is 0.118 e. The molecule has 2 aliphatic heterocycles. The Morgan fingerprint density at radius 3 is 2.82 bits per heavy atom. The van der Waals surface area contributed by atoms with E-state index < -0.39 is 0 Å². The fourth-order valence-corrected chi connectivity index (χ4v) is 2.55. The molecule has 1 fully saturated rings. The van der Waals surface area contributed by atoms with Gasteiger partial charge >= 0.3 is 0 Å². The van der Waals surface area contributed by atoms with Crippen molar-refractivity contribution in [3.8, 4) is 0 Å². The van der Waals surface area contributed by atoms with Crippen molar-refractivity contribution in [1.29, 1.82) is 0 Å². The maximum atomic E-state index is 5.85. The molecular weight excluding hydrogens is 212 g/mol. The second-order valence-corrected chi connectivity index (χ2v) is 4.80. The number of hydroxylamine groups is 1. The number of hydrogen-bond acceptors (Lipinski definition) is 3. The van der Waals surface area contributed by atoms with Gasteiger partial charge in [-0.15, -0.1) is 0 Å². The Morgan fingerprint density at radius 1 is 1.06 bits per heavy atom. The van der Waals surface area contributed by atoms with Gasteiger partial charge in [-0.05, 0) is 44.0 Å². The summed E-state index contributed by atoms with van der Waals surface area (Å²) in [6.45, 7) is 2.12. The first-order valence-corrected chi connectivity index (χ1v) is 6.31. The van der Waals surface area contributed by atoms with Crippen molar-refractivity contribution in [2.75, 3.05) is 13.1 Å². The van der Waals surface area contributed by atoms with Gasteiger partial charge in [0.25, 0.3) is 0 Å². The van der Waals surface area contributed by atoms with Crippen LogP contribution in [0.3, 0.4) is 0 Å². The number of benzene rings is 1. The average Bonchev–Trinajstić information content (AvgIpc) is 2.65. The Labute approximate surface area is 102 Å². The normalized spacial score (nSPS) is 28.6. The van der Waals surface area contributed by atoms with Crippen LogP contribution in [0, 0.1) is 0 Å². The molecule has 1 aromatic carbocycles. The summed E-state index contributed by atoms with van der Waals surface area (Å²) in [6, 6.07) is 10.4. The van der Waals surface area contributed by atoms with Gasteiger partial charge in [-0.3, -0.25) is 10.3 Å². The predicted molar refractivity (Wildman–Crippen MR) is 68.1 cm³/mol. The van der Waals surface area contributed by atoms with Crippen molar-refractivity contribution >= 4 is 5.70 Å². The van der Waals surface area contributed by atoms with E-state index in [0.29, 0.717) is 0 Å². The van der Waals surface area contributed by atoms with Gasteiger partial charge in [0.2, 0.25) is 0 Å². The Bertz CT molecular complexity index is 405. The first-order chi connectivity index (χ1) is 8.38. The highest BCUT2D eigenvalue weighted by molar-refractivity contribution is 5.65. The molecule has 3 heteroatoms. The fraction of sp³-hybridized carbons (Fsp3) is 0.429. The van der Waals surface area contributed by atoms with Gasteiger partial charge in [0.1, 0.15) is 5.60 Å². The van der Waals surface area contributed by atoms with Gasteiger partial charge in [-0.25, -0.2) is 0 Å². The molecule has 2 N–H and O–H groups in total. The first-order valence-electron chi connectivity index (χ1n) is 6.31. The Morgan fingerprint density at radius 2 is 1.94 bits per heavy atom. The molecule has 2 aliphatic rings. The van der Waals surface area contributed by atoms with Gasteiger partial charge < -0.3 is 5.32 Å². The summed E-state index contributed by atoms with van der Waals surface area (Å²) in [7, 11) is 0. The molecule has 0 amide bonds. The van der Waals surface area contributed by atoms with Gasteiger partial charge in [0, 0.05) is 0 Å². The molecular formula is C14H18N2O. The van der Waals surface area contributed by atoms with Crippen LogP contribution >= 0.6 is 0 Å². The summed E-state index contributed by atoms with van der Waals surface area (Å²) < 4.78 is 0. The van der Waals surface area contributed by atoms with Crippen molar-refractivity contribution in [2.24, 2.45) is 0 Å². The molecule has 3 rings (SSSR count). The van der Waals surface area contributed by atoms with Crippen molar-refractivity contribution in [3.05, 3.63) is 42.0 Å². The molecule has 1 aromatic rings. The molecule has 0 bridgehead atoms. The van der Waals surface area contributed by atoms with E-state index in [1.54, 1.807) is 0 Å². The van der Waals surface area contributed by atoms with E-state index >= 15 is 0 Å². The first kappa shape index (κ1) is 10.8. The Hall–Kier alpha value is -1.32. The molecule has 0 saturated carbocycles. The van der Waals surface area contributed by atoms with Crippen molar-refractivity contribution in [1.82, 2.24) is 10.8 Å². The lowest BCUT2D eigenvalue weighted by Gasteiger charge is -2.22. The molecule has 0 aliphatic carbocycles. The van der Waals surface area contributed by atoms with Gasteiger partial charge in [0.05, 0.1) is 5.70 Å². The summed E-state index contributed by atoms with van der Waals surface area (Å²) in [5.74, 6) is 0. The van der Waals surface area contributed by atoms with E-state index in [9.17, 15) is 0 Å². The Balaban J connectivity index is 1.84. The quantitative estimate of drug-likeness (QED) is 0.775. The third-order valence-corrected chi connectivity index (χ3v) is 3.53. The minimum Gasteiger partial charge on any atom is -0.317 e. The summed E-state index contributed by atoms with van der Waals surface area (Å²) in [4.78, 5) is 5.85. The second kappa shape index (κ2) is 4.51. The molecule has 17 heavy (non-hydrogen) atoms. The fourth-order valence-electron chi connectivity index (χ4n) is 2.55. The SMILES string of the molecule is C1=C(c2ccccc2)NOC12CCCNCC2. The number of hydrogen-bond donors (Lipinski definition) is 2. The molecule has 0 radical (unpaired) electrons. The zero-order valence-electron chi connectivity index (χ0n) is 9.91. The summed E-state index contributed by atoms with van der Waals surface area (Å²) in [5, 5.41) is 3.42. The predicted octanol–water partition coefficient (Wildman–Crippen LogP) is 2.07. The molecule has 2 heterocycles. The maximum absolute atomic E-state index is 5.85. The lowest BCUT2D eigenvalue weighted by atomic mass is 9.93. The second-order valence-electron chi connectivity index (χ2n) is 4.80. The van der Waals surface area contributed by atoms with Crippen molar-refractivity contribution < 1.29 is 4.84 Å². The van der Waals surface area contributed by atoms with Crippen LogP contribution in [-0.2, 0) is 4.84 Å². The largest absolute Gasteiger partial charge is 0.317 e. The molecule has 0 aromatic heterocycles. The van der Waals surface area contributed by atoms with E-state index in [0.717, 1.165) is 31.6 Å². The number of nitrogens with one attached hydrogen (secondary N) is 2. The minimum absolute atomic E-state index is 0.103. The van der Waals surface area contributed by atoms with Crippen LogP contribution in [0.25, 0.3) is 5.70 Å². The van der Waals surface area contributed by atoms with Crippen LogP contribution in [0.4, 0.5) is 0 Å². The third kappa shape index (κ3) is 2.21. The van der Waals surface area contributed by atoms with E-state index in [1.165, 1.54) is 12.0 Å². The smallest absolute Gasteiger partial charge is 0.118 e. The highest BCUT2D eigenvalue weighted by atomic mass is 16.7. The van der Waals surface area contributed by atoms with Gasteiger partial charge in [-0.1, -0.05) is 30.3 Å². The lowest BCUT2D eigenvalue weighted by Crippen LogP contribution is -2.30. The van der Waals surface area contributed by atoms with Crippen LogP contribution in [0.15, 0.2) is 36.4 Å². The van der Waals surface area contributed by atoms with Gasteiger partial charge in [-0.2, -0.15) is 0 Å². The van der Waals surface area contributed by atoms with Crippen LogP contribution in [0.1, 0.15) is 24.8 Å². The van der Waals surface area contributed by atoms with Crippen LogP contribution in [-0.4, -0.2) is 18.7 Å². The van der Waals surface area contributed by atoms with Crippen molar-refractivity contribution in [3.63, 3.8) is 0 Å². The molecule has 1 atom stereocenters. The third-order valence-electron chi connectivity index (χ3n) is 3.53. The average molecular weight is 230 g/mol. The summed E-state index contributed by atoms with van der Waals surface area (Å²) in [5.41, 5.74) is 5.29. The molecule has 3 nitrogen and oxygen atoms in total. The topological polar surface area (TPSA) is 33.3 Å². The Kier molecular flexibility index (Phi) is 2.87. The van der Waals surface area contributed by atoms with E-state index in [-0.39, 0.29) is 5.60 Å². The molecule has 90 valence electrons. The zero-order valence-corrected chi connectivity index (χ0v) is 9.91. The molecule has 1 saturated heterocycles. The van der Waals surface area contributed by atoms with Crippen LogP contribution in [0.2, 0.25) is 0 Å². The summed E-state index contributed by atoms with van der Waals surface area (Å²) in [6.07, 6.45) is 5.55. The summed E-state index contributed by atoms with van der Waals surface area (Å²) >= 11 is 0. The standard InChI is InChI=1S/C14H18N2O/c1-2-5-12(6-3-1)13-11-14(17-16-13)7-4-9-15-10-8-14/h1-3,5-6,11,15-16H,4,7-10H2. The zero-order chi connectivity index (χ0) is 11.6. The van der Waals surface area contributed by atoms with Crippen molar-refractivity contribution in [2.45, 2.75) is 24.9 Å². The number of rotatable bonds is 1. The van der Waals surface area contributed by atoms with E-state index in [2.05, 4.69) is 41.1 Å². The highest BCUT2D eigenvalue weighted by Crippen LogP contribution is 2.33. The molecule has 1 spiro atoms.